The van der Waals surface area contributed by atoms with Crippen molar-refractivity contribution in [1.82, 2.24) is 5.32 Å². The van der Waals surface area contributed by atoms with Crippen LogP contribution < -0.4 is 5.32 Å². The molecule has 0 spiro atoms. The molecule has 0 bridgehead atoms. The number of nitrogens with one attached hydrogen (secondary N) is 1. The maximum Gasteiger partial charge on any atom is 0.162 e. The molecule has 0 radical (unpaired) electrons. The minimum atomic E-state index is -0.766. The summed E-state index contributed by atoms with van der Waals surface area (Å²) in [6.07, 6.45) is 0.525. The van der Waals surface area contributed by atoms with Gasteiger partial charge in [-0.15, -0.1) is 0 Å². The van der Waals surface area contributed by atoms with Gasteiger partial charge < -0.3 is 5.32 Å². The molecule has 0 aliphatic carbocycles. The molecule has 1 atom stereocenters. The summed E-state index contributed by atoms with van der Waals surface area (Å²) in [5.74, 6) is -1.12. The monoisotopic (exact) mass is 283 g/mol. The lowest BCUT2D eigenvalue weighted by Gasteiger charge is -2.37. The van der Waals surface area contributed by atoms with Gasteiger partial charge >= 0.3 is 0 Å². The summed E-state index contributed by atoms with van der Waals surface area (Å²) in [6, 6.07) is 4.42. The molecule has 20 heavy (non-hydrogen) atoms. The zero-order valence-corrected chi connectivity index (χ0v) is 13.5. The van der Waals surface area contributed by atoms with E-state index >= 15 is 0 Å². The fourth-order valence-electron chi connectivity index (χ4n) is 2.06. The molecule has 1 N–H and O–H groups in total. The topological polar surface area (TPSA) is 12.0 Å². The number of halogens is 2. The van der Waals surface area contributed by atoms with E-state index in [-0.39, 0.29) is 11.0 Å². The average Bonchev–Trinajstić information content (AvgIpc) is 2.31. The molecular weight excluding hydrogens is 256 g/mol. The molecule has 0 aliphatic rings. The number of hydrogen-bond donors (Lipinski definition) is 1. The number of benzene rings is 1. The molecular formula is C17H27F2N. The maximum absolute atomic E-state index is 13.9. The van der Waals surface area contributed by atoms with Crippen LogP contribution >= 0.6 is 0 Å². The Morgan fingerprint density at radius 1 is 1.10 bits per heavy atom. The molecule has 1 rings (SSSR count). The molecule has 0 saturated carbocycles. The van der Waals surface area contributed by atoms with Crippen LogP contribution in [-0.4, -0.2) is 12.1 Å². The summed E-state index contributed by atoms with van der Waals surface area (Å²) in [7, 11) is 0. The normalized spacial score (nSPS) is 15.4. The number of rotatable bonds is 5. The second-order valence-electron chi connectivity index (χ2n) is 7.30. The van der Waals surface area contributed by atoms with Crippen LogP contribution in [0.1, 0.15) is 47.1 Å². The standard InChI is InChI=1S/C17H27F2N/c1-12(2)17(6,11-20-16(3,4)5)10-13-8-7-9-14(18)15(13)19/h7-9,12,20H,10-11H2,1-6H3. The van der Waals surface area contributed by atoms with Crippen LogP contribution in [0.15, 0.2) is 18.2 Å². The summed E-state index contributed by atoms with van der Waals surface area (Å²) in [4.78, 5) is 0. The van der Waals surface area contributed by atoms with Gasteiger partial charge in [0.15, 0.2) is 11.6 Å². The maximum atomic E-state index is 13.9. The average molecular weight is 283 g/mol. The van der Waals surface area contributed by atoms with Gasteiger partial charge in [0.1, 0.15) is 0 Å². The Morgan fingerprint density at radius 3 is 2.20 bits per heavy atom. The van der Waals surface area contributed by atoms with Crippen molar-refractivity contribution in [3.63, 3.8) is 0 Å². The lowest BCUT2D eigenvalue weighted by atomic mass is 9.74. The van der Waals surface area contributed by atoms with Crippen molar-refractivity contribution in [1.29, 1.82) is 0 Å². The van der Waals surface area contributed by atoms with Crippen LogP contribution in [0.5, 0.6) is 0 Å². The highest BCUT2D eigenvalue weighted by molar-refractivity contribution is 5.20. The van der Waals surface area contributed by atoms with E-state index in [2.05, 4.69) is 46.9 Å². The Bertz CT molecular complexity index is 449. The van der Waals surface area contributed by atoms with Gasteiger partial charge in [0.25, 0.3) is 0 Å². The van der Waals surface area contributed by atoms with E-state index in [4.69, 9.17) is 0 Å². The first-order valence-corrected chi connectivity index (χ1v) is 7.23. The highest BCUT2D eigenvalue weighted by atomic mass is 19.2. The van der Waals surface area contributed by atoms with Crippen LogP contribution in [0.4, 0.5) is 8.78 Å². The third kappa shape index (κ3) is 4.55. The molecule has 0 amide bonds. The fraction of sp³-hybridized carbons (Fsp3) is 0.647. The zero-order chi connectivity index (χ0) is 15.6. The van der Waals surface area contributed by atoms with Crippen molar-refractivity contribution in [3.8, 4) is 0 Å². The van der Waals surface area contributed by atoms with Crippen molar-refractivity contribution in [2.45, 2.75) is 53.5 Å². The second-order valence-corrected chi connectivity index (χ2v) is 7.30. The highest BCUT2D eigenvalue weighted by Gasteiger charge is 2.31. The van der Waals surface area contributed by atoms with Crippen molar-refractivity contribution < 1.29 is 8.78 Å². The molecule has 0 aliphatic heterocycles. The summed E-state index contributed by atoms with van der Waals surface area (Å²) < 4.78 is 27.2. The minimum Gasteiger partial charge on any atom is -0.312 e. The van der Waals surface area contributed by atoms with Gasteiger partial charge in [-0.3, -0.25) is 0 Å². The predicted molar refractivity (Wildman–Crippen MR) is 80.8 cm³/mol. The molecule has 1 aromatic carbocycles. The van der Waals surface area contributed by atoms with Gasteiger partial charge in [-0.05, 0) is 50.2 Å². The van der Waals surface area contributed by atoms with E-state index in [0.29, 0.717) is 17.9 Å². The van der Waals surface area contributed by atoms with Gasteiger partial charge in [-0.25, -0.2) is 8.78 Å². The van der Waals surface area contributed by atoms with Gasteiger partial charge in [0, 0.05) is 12.1 Å². The Kier molecular flexibility index (Phi) is 5.31. The predicted octanol–water partition coefficient (Wildman–Crippen LogP) is 4.56. The summed E-state index contributed by atoms with van der Waals surface area (Å²) in [5.41, 5.74) is 0.343. The minimum absolute atomic E-state index is 0.0105. The highest BCUT2D eigenvalue weighted by Crippen LogP contribution is 2.32. The molecule has 0 saturated heterocycles. The Hall–Kier alpha value is -0.960. The van der Waals surface area contributed by atoms with Crippen LogP contribution in [0.25, 0.3) is 0 Å². The van der Waals surface area contributed by atoms with E-state index in [1.807, 2.05) is 0 Å². The first-order valence-electron chi connectivity index (χ1n) is 7.23. The van der Waals surface area contributed by atoms with Crippen LogP contribution in [0.3, 0.4) is 0 Å². The smallest absolute Gasteiger partial charge is 0.162 e. The van der Waals surface area contributed by atoms with Gasteiger partial charge in [-0.2, -0.15) is 0 Å². The van der Waals surface area contributed by atoms with Crippen molar-refractivity contribution in [3.05, 3.63) is 35.4 Å². The molecule has 0 heterocycles. The van der Waals surface area contributed by atoms with E-state index in [9.17, 15) is 8.78 Å². The first kappa shape index (κ1) is 17.1. The molecule has 3 heteroatoms. The SMILES string of the molecule is CC(C)C(C)(CNC(C)(C)C)Cc1cccc(F)c1F. The Morgan fingerprint density at radius 2 is 1.70 bits per heavy atom. The van der Waals surface area contributed by atoms with Gasteiger partial charge in [-0.1, -0.05) is 32.9 Å². The summed E-state index contributed by atoms with van der Waals surface area (Å²) in [5, 5.41) is 3.48. The van der Waals surface area contributed by atoms with Crippen LogP contribution in [0.2, 0.25) is 0 Å². The van der Waals surface area contributed by atoms with Crippen molar-refractivity contribution >= 4 is 0 Å². The third-order valence-corrected chi connectivity index (χ3v) is 4.04. The zero-order valence-electron chi connectivity index (χ0n) is 13.5. The largest absolute Gasteiger partial charge is 0.312 e. The van der Waals surface area contributed by atoms with Gasteiger partial charge in [0.05, 0.1) is 0 Å². The fourth-order valence-corrected chi connectivity index (χ4v) is 2.06. The third-order valence-electron chi connectivity index (χ3n) is 4.04. The Labute approximate surface area is 121 Å². The Balaban J connectivity index is 2.94. The molecule has 1 aromatic rings. The van der Waals surface area contributed by atoms with Crippen LogP contribution in [0, 0.1) is 23.0 Å². The molecule has 1 nitrogen and oxygen atoms in total. The molecule has 114 valence electrons. The number of hydrogen-bond acceptors (Lipinski definition) is 1. The second kappa shape index (κ2) is 6.21. The van der Waals surface area contributed by atoms with Crippen LogP contribution in [-0.2, 0) is 6.42 Å². The summed E-state index contributed by atoms with van der Waals surface area (Å²) in [6.45, 7) is 13.5. The molecule has 0 fully saturated rings. The molecule has 0 aromatic heterocycles. The van der Waals surface area contributed by atoms with Crippen molar-refractivity contribution in [2.75, 3.05) is 6.54 Å². The van der Waals surface area contributed by atoms with E-state index in [0.717, 1.165) is 6.54 Å². The van der Waals surface area contributed by atoms with E-state index < -0.39 is 11.6 Å². The van der Waals surface area contributed by atoms with E-state index in [1.54, 1.807) is 12.1 Å². The lowest BCUT2D eigenvalue weighted by Crippen LogP contribution is -2.45. The summed E-state index contributed by atoms with van der Waals surface area (Å²) >= 11 is 0. The van der Waals surface area contributed by atoms with Crippen molar-refractivity contribution in [2.24, 2.45) is 11.3 Å². The van der Waals surface area contributed by atoms with Gasteiger partial charge in [0.2, 0.25) is 0 Å². The lowest BCUT2D eigenvalue weighted by molar-refractivity contribution is 0.185. The van der Waals surface area contributed by atoms with E-state index in [1.165, 1.54) is 6.07 Å². The molecule has 1 unspecified atom stereocenters. The quantitative estimate of drug-likeness (QED) is 0.835. The first-order chi connectivity index (χ1) is 9.05.